The third-order valence-corrected chi connectivity index (χ3v) is 3.56. The van der Waals surface area contributed by atoms with E-state index in [1.165, 1.54) is 6.34 Å². The second-order valence-electron chi connectivity index (χ2n) is 6.41. The number of nitrogens with two attached hydrogens (primary N) is 1. The maximum Gasteiger partial charge on any atom is 0.268 e. The molecule has 24 heavy (non-hydrogen) atoms. The number of hydrogen-bond acceptors (Lipinski definition) is 5. The first kappa shape index (κ1) is 18.1. The summed E-state index contributed by atoms with van der Waals surface area (Å²) in [7, 11) is 0. The third kappa shape index (κ3) is 4.38. The van der Waals surface area contributed by atoms with Crippen LogP contribution in [0.3, 0.4) is 0 Å². The molecule has 4 N–H and O–H groups in total. The van der Waals surface area contributed by atoms with E-state index in [0.717, 1.165) is 18.7 Å². The Balaban J connectivity index is 2.13. The second-order valence-corrected chi connectivity index (χ2v) is 6.41. The summed E-state index contributed by atoms with van der Waals surface area (Å²) in [6.07, 6.45) is 2.32. The molecule has 0 spiro atoms. The molecule has 1 heterocycles. The highest BCUT2D eigenvalue weighted by Gasteiger charge is 2.35. The number of nitrogens with one attached hydrogen (secondary N) is 2. The molecule has 1 aromatic carbocycles. The lowest BCUT2D eigenvalue weighted by molar-refractivity contribution is -0.129. The van der Waals surface area contributed by atoms with Gasteiger partial charge in [0.25, 0.3) is 5.91 Å². The first-order chi connectivity index (χ1) is 11.3. The molecular formula is C17H26N4O3. The molecular weight excluding hydrogens is 308 g/mol. The van der Waals surface area contributed by atoms with E-state index in [9.17, 15) is 4.79 Å². The Bertz CT molecular complexity index is 627. The van der Waals surface area contributed by atoms with E-state index in [2.05, 4.69) is 15.6 Å². The number of hydrogen-bond donors (Lipinski definition) is 3. The number of rotatable bonds is 7. The number of aliphatic imine (C=N–C) groups is 1. The van der Waals surface area contributed by atoms with Crippen LogP contribution in [0.4, 0.5) is 17.1 Å². The quantitative estimate of drug-likeness (QED) is 0.404. The molecule has 0 saturated carbocycles. The van der Waals surface area contributed by atoms with Gasteiger partial charge in [0, 0.05) is 19.2 Å². The molecule has 7 nitrogen and oxygen atoms in total. The van der Waals surface area contributed by atoms with E-state index >= 15 is 0 Å². The molecule has 0 saturated heterocycles. The molecule has 1 amide bonds. The zero-order valence-corrected chi connectivity index (χ0v) is 14.7. The van der Waals surface area contributed by atoms with E-state index in [4.69, 9.17) is 15.2 Å². The number of anilines is 2. The Morgan fingerprint density at radius 3 is 2.88 bits per heavy atom. The maximum atomic E-state index is 12.0. The molecule has 0 atom stereocenters. The van der Waals surface area contributed by atoms with Crippen LogP contribution in [0.15, 0.2) is 17.1 Å². The molecule has 0 fully saturated rings. The fourth-order valence-electron chi connectivity index (χ4n) is 2.29. The number of fused-ring (bicyclic) bond motifs is 1. The summed E-state index contributed by atoms with van der Waals surface area (Å²) in [4.78, 5) is 16.2. The van der Waals surface area contributed by atoms with Crippen LogP contribution in [-0.2, 0) is 9.53 Å². The third-order valence-electron chi connectivity index (χ3n) is 3.56. The van der Waals surface area contributed by atoms with Gasteiger partial charge in [0.15, 0.2) is 5.60 Å². The van der Waals surface area contributed by atoms with Gasteiger partial charge >= 0.3 is 0 Å². The lowest BCUT2D eigenvalue weighted by Crippen LogP contribution is -2.45. The summed E-state index contributed by atoms with van der Waals surface area (Å²) in [5, 5.41) is 6.16. The average molecular weight is 334 g/mol. The van der Waals surface area contributed by atoms with E-state index in [1.807, 2.05) is 19.9 Å². The van der Waals surface area contributed by atoms with Crippen molar-refractivity contribution >= 4 is 29.3 Å². The maximum absolute atomic E-state index is 12.0. The molecule has 1 aliphatic heterocycles. The lowest BCUT2D eigenvalue weighted by Gasteiger charge is -2.32. The highest BCUT2D eigenvalue weighted by Crippen LogP contribution is 2.40. The minimum Gasteiger partial charge on any atom is -0.476 e. The fourth-order valence-corrected chi connectivity index (χ4v) is 2.29. The number of nitrogens with zero attached hydrogens (tertiary/aromatic N) is 1. The molecule has 132 valence electrons. The van der Waals surface area contributed by atoms with Crippen LogP contribution >= 0.6 is 0 Å². The van der Waals surface area contributed by atoms with Crippen molar-refractivity contribution in [3.05, 3.63) is 12.1 Å². The van der Waals surface area contributed by atoms with E-state index in [0.29, 0.717) is 23.7 Å². The molecule has 2 rings (SSSR count). The van der Waals surface area contributed by atoms with Crippen molar-refractivity contribution in [1.29, 1.82) is 0 Å². The van der Waals surface area contributed by atoms with Crippen molar-refractivity contribution in [2.24, 2.45) is 10.7 Å². The zero-order valence-electron chi connectivity index (χ0n) is 14.7. The topological polar surface area (TPSA) is 98.0 Å². The van der Waals surface area contributed by atoms with Crippen molar-refractivity contribution in [2.45, 2.75) is 45.8 Å². The minimum absolute atomic E-state index is 0.191. The van der Waals surface area contributed by atoms with Crippen LogP contribution in [0.5, 0.6) is 5.75 Å². The van der Waals surface area contributed by atoms with Crippen molar-refractivity contribution < 1.29 is 14.3 Å². The van der Waals surface area contributed by atoms with E-state index in [-0.39, 0.29) is 12.0 Å². The van der Waals surface area contributed by atoms with Gasteiger partial charge in [-0.15, -0.1) is 0 Å². The molecule has 0 bridgehead atoms. The zero-order chi connectivity index (χ0) is 17.7. The minimum atomic E-state index is -0.909. The van der Waals surface area contributed by atoms with Gasteiger partial charge in [-0.2, -0.15) is 0 Å². The Morgan fingerprint density at radius 2 is 2.21 bits per heavy atom. The molecule has 0 aromatic heterocycles. The van der Waals surface area contributed by atoms with Crippen molar-refractivity contribution in [1.82, 2.24) is 0 Å². The van der Waals surface area contributed by atoms with Crippen molar-refractivity contribution in [2.75, 3.05) is 23.8 Å². The number of ether oxygens (including phenoxy) is 2. The number of carbonyl (C=O) groups excluding carboxylic acids is 1. The predicted molar refractivity (Wildman–Crippen MR) is 96.3 cm³/mol. The summed E-state index contributed by atoms with van der Waals surface area (Å²) in [5.41, 5.74) is 6.55. The van der Waals surface area contributed by atoms with Crippen molar-refractivity contribution in [3.63, 3.8) is 0 Å². The number of amides is 1. The van der Waals surface area contributed by atoms with Gasteiger partial charge in [-0.3, -0.25) is 4.79 Å². The average Bonchev–Trinajstić information content (AvgIpc) is 2.49. The second kappa shape index (κ2) is 7.53. The number of benzene rings is 1. The first-order valence-corrected chi connectivity index (χ1v) is 8.11. The van der Waals surface area contributed by atoms with Gasteiger partial charge < -0.3 is 25.8 Å². The van der Waals surface area contributed by atoms with Crippen LogP contribution < -0.4 is 21.1 Å². The van der Waals surface area contributed by atoms with Gasteiger partial charge in [0.1, 0.15) is 5.75 Å². The monoisotopic (exact) mass is 334 g/mol. The van der Waals surface area contributed by atoms with E-state index < -0.39 is 5.60 Å². The van der Waals surface area contributed by atoms with Gasteiger partial charge in [0.2, 0.25) is 0 Å². The summed E-state index contributed by atoms with van der Waals surface area (Å²) in [6.45, 7) is 8.90. The first-order valence-electron chi connectivity index (χ1n) is 8.11. The van der Waals surface area contributed by atoms with Crippen LogP contribution in [0, 0.1) is 0 Å². The van der Waals surface area contributed by atoms with Crippen LogP contribution in [0.25, 0.3) is 0 Å². The SMILES string of the molecule is CC(C)OCCCNc1cc2c(cc1N=CN)NC(=O)C(C)(C)O2. The van der Waals surface area contributed by atoms with Crippen LogP contribution in [-0.4, -0.2) is 37.1 Å². The Morgan fingerprint density at radius 1 is 1.46 bits per heavy atom. The van der Waals surface area contributed by atoms with E-state index in [1.54, 1.807) is 19.9 Å². The highest BCUT2D eigenvalue weighted by molar-refractivity contribution is 6.01. The van der Waals surface area contributed by atoms with Crippen molar-refractivity contribution in [3.8, 4) is 5.75 Å². The normalized spacial score (nSPS) is 16.0. The molecule has 0 radical (unpaired) electrons. The predicted octanol–water partition coefficient (Wildman–Crippen LogP) is 2.64. The van der Waals surface area contributed by atoms with Crippen LogP contribution in [0.1, 0.15) is 34.1 Å². The molecule has 1 aliphatic rings. The summed E-state index contributed by atoms with van der Waals surface area (Å²) in [5.74, 6) is 0.417. The standard InChI is InChI=1S/C17H26N4O3/c1-11(2)23-7-5-6-19-13-9-15-14(8-12(13)20-10-18)21-16(22)17(3,4)24-15/h8-11,19H,5-7H2,1-4H3,(H2,18,20)(H,21,22). The molecule has 0 unspecified atom stereocenters. The van der Waals surface area contributed by atoms with Gasteiger partial charge in [-0.1, -0.05) is 0 Å². The van der Waals surface area contributed by atoms with Gasteiger partial charge in [-0.25, -0.2) is 4.99 Å². The van der Waals surface area contributed by atoms with Crippen LogP contribution in [0.2, 0.25) is 0 Å². The lowest BCUT2D eigenvalue weighted by atomic mass is 10.1. The van der Waals surface area contributed by atoms with Gasteiger partial charge in [0.05, 0.1) is 29.5 Å². The molecule has 1 aromatic rings. The summed E-state index contributed by atoms with van der Waals surface area (Å²) in [6, 6.07) is 3.58. The highest BCUT2D eigenvalue weighted by atomic mass is 16.5. The Labute approximate surface area is 142 Å². The molecule has 7 heteroatoms. The summed E-state index contributed by atoms with van der Waals surface area (Å²) < 4.78 is 11.3. The summed E-state index contributed by atoms with van der Waals surface area (Å²) >= 11 is 0. The fraction of sp³-hybridized carbons (Fsp3) is 0.529. The number of carbonyl (C=O) groups is 1. The Kier molecular flexibility index (Phi) is 5.66. The van der Waals surface area contributed by atoms with Gasteiger partial charge in [-0.05, 0) is 40.2 Å². The largest absolute Gasteiger partial charge is 0.476 e. The smallest absolute Gasteiger partial charge is 0.268 e. The molecule has 0 aliphatic carbocycles. The Hall–Kier alpha value is -2.28.